The topological polar surface area (TPSA) is 46.5 Å². The predicted octanol–water partition coefficient (Wildman–Crippen LogP) is 7.53. The molecule has 1 aromatic rings. The van der Waals surface area contributed by atoms with Crippen LogP contribution in [0.2, 0.25) is 0 Å². The molecule has 0 aromatic heterocycles. The number of carbonyl (C=O) groups is 1. The Bertz CT molecular complexity index is 698. The van der Waals surface area contributed by atoms with Gasteiger partial charge in [-0.15, -0.1) is 6.58 Å². The first-order valence-electron chi connectivity index (χ1n) is 11.3. The monoisotopic (exact) mass is 410 g/mol. The fourth-order valence-corrected chi connectivity index (χ4v) is 3.18. The summed E-state index contributed by atoms with van der Waals surface area (Å²) in [5, 5.41) is 8.99. The third kappa shape index (κ3) is 12.1. The van der Waals surface area contributed by atoms with Crippen molar-refractivity contribution >= 4 is 12.0 Å². The van der Waals surface area contributed by atoms with E-state index in [1.807, 2.05) is 18.2 Å². The minimum atomic E-state index is -0.937. The molecule has 0 atom stereocenters. The highest BCUT2D eigenvalue weighted by atomic mass is 16.5. The van der Waals surface area contributed by atoms with E-state index in [1.165, 1.54) is 31.8 Å². The van der Waals surface area contributed by atoms with Gasteiger partial charge < -0.3 is 9.84 Å². The molecule has 30 heavy (non-hydrogen) atoms. The molecule has 0 unspecified atom stereocenters. The largest absolute Gasteiger partial charge is 0.493 e. The molecule has 0 bridgehead atoms. The van der Waals surface area contributed by atoms with Gasteiger partial charge in [-0.25, -0.2) is 4.79 Å². The number of aliphatic carboxylic acids is 1. The van der Waals surface area contributed by atoms with Crippen LogP contribution in [0, 0.1) is 0 Å². The molecule has 0 aliphatic carbocycles. The summed E-state index contributed by atoms with van der Waals surface area (Å²) in [4.78, 5) is 11.0. The zero-order chi connectivity index (χ0) is 21.9. The lowest BCUT2D eigenvalue weighted by Crippen LogP contribution is -2.00. The van der Waals surface area contributed by atoms with E-state index in [1.54, 1.807) is 6.08 Å². The third-order valence-corrected chi connectivity index (χ3v) is 4.74. The van der Waals surface area contributed by atoms with Gasteiger partial charge in [0.05, 0.1) is 6.61 Å². The van der Waals surface area contributed by atoms with Crippen LogP contribution >= 0.6 is 0 Å². The van der Waals surface area contributed by atoms with Gasteiger partial charge in [0.2, 0.25) is 0 Å². The molecule has 1 N–H and O–H groups in total. The molecule has 0 aliphatic rings. The van der Waals surface area contributed by atoms with Crippen LogP contribution in [0.15, 0.2) is 61.2 Å². The van der Waals surface area contributed by atoms with Crippen molar-refractivity contribution in [3.63, 3.8) is 0 Å². The van der Waals surface area contributed by atoms with E-state index in [-0.39, 0.29) is 0 Å². The first kappa shape index (κ1) is 25.5. The fourth-order valence-electron chi connectivity index (χ4n) is 3.18. The number of unbranched alkanes of at least 4 members (excludes halogenated alkanes) is 5. The number of carboxylic acids is 1. The van der Waals surface area contributed by atoms with E-state index in [9.17, 15) is 4.79 Å². The Morgan fingerprint density at radius 2 is 1.77 bits per heavy atom. The summed E-state index contributed by atoms with van der Waals surface area (Å²) in [5.74, 6) is -0.161. The molecular formula is C27H38O3. The van der Waals surface area contributed by atoms with Gasteiger partial charge in [-0.1, -0.05) is 68.7 Å². The third-order valence-electron chi connectivity index (χ3n) is 4.74. The van der Waals surface area contributed by atoms with Gasteiger partial charge >= 0.3 is 5.97 Å². The minimum Gasteiger partial charge on any atom is -0.493 e. The highest BCUT2D eigenvalue weighted by molar-refractivity contribution is 5.86. The van der Waals surface area contributed by atoms with Crippen molar-refractivity contribution in [1.29, 1.82) is 0 Å². The molecule has 0 saturated carbocycles. The standard InChI is InChI=1S/C27H38O3/c1-3-5-6-7-8-9-10-11-12-13-14-15-16-18-24-19-17-20-26(30-23-4-2)25(24)21-22-27(28)29/h3,6-7,9-10,17,19-22H,1,4-5,8,11-16,18,23H2,2H3,(H,28,29)/b7-6-,10-9-,22-21+. The minimum absolute atomic E-state index is 0.636. The molecule has 164 valence electrons. The number of carboxylic acid groups (broad SMARTS) is 1. The Morgan fingerprint density at radius 3 is 2.53 bits per heavy atom. The normalized spacial score (nSPS) is 11.6. The quantitative estimate of drug-likeness (QED) is 0.164. The van der Waals surface area contributed by atoms with E-state index >= 15 is 0 Å². The fraction of sp³-hybridized carbons (Fsp3) is 0.444. The summed E-state index contributed by atoms with van der Waals surface area (Å²) in [7, 11) is 0. The Balaban J connectivity index is 2.35. The lowest BCUT2D eigenvalue weighted by Gasteiger charge is -2.13. The van der Waals surface area contributed by atoms with Crippen molar-refractivity contribution < 1.29 is 14.6 Å². The number of benzene rings is 1. The van der Waals surface area contributed by atoms with Crippen molar-refractivity contribution in [3.05, 3.63) is 72.4 Å². The van der Waals surface area contributed by atoms with Gasteiger partial charge in [-0.3, -0.25) is 0 Å². The maximum absolute atomic E-state index is 11.0. The lowest BCUT2D eigenvalue weighted by molar-refractivity contribution is -0.131. The van der Waals surface area contributed by atoms with Crippen LogP contribution in [-0.4, -0.2) is 17.7 Å². The highest BCUT2D eigenvalue weighted by Crippen LogP contribution is 2.26. The summed E-state index contributed by atoms with van der Waals surface area (Å²) < 4.78 is 5.82. The summed E-state index contributed by atoms with van der Waals surface area (Å²) in [5.41, 5.74) is 2.06. The molecule has 1 aromatic carbocycles. The summed E-state index contributed by atoms with van der Waals surface area (Å²) in [6, 6.07) is 6.00. The highest BCUT2D eigenvalue weighted by Gasteiger charge is 2.07. The molecule has 3 nitrogen and oxygen atoms in total. The van der Waals surface area contributed by atoms with Crippen LogP contribution in [0.3, 0.4) is 0 Å². The molecule has 1 rings (SSSR count). The second-order valence-corrected chi connectivity index (χ2v) is 7.36. The Morgan fingerprint density at radius 1 is 1.03 bits per heavy atom. The lowest BCUT2D eigenvalue weighted by atomic mass is 9.99. The van der Waals surface area contributed by atoms with Crippen LogP contribution in [0.5, 0.6) is 5.75 Å². The summed E-state index contributed by atoms with van der Waals surface area (Å²) in [6.45, 7) is 6.40. The van der Waals surface area contributed by atoms with Crippen LogP contribution in [0.1, 0.15) is 75.8 Å². The molecule has 0 radical (unpaired) electrons. The predicted molar refractivity (Wildman–Crippen MR) is 128 cm³/mol. The van der Waals surface area contributed by atoms with Gasteiger partial charge in [-0.2, -0.15) is 0 Å². The van der Waals surface area contributed by atoms with Gasteiger partial charge in [-0.05, 0) is 62.7 Å². The smallest absolute Gasteiger partial charge is 0.328 e. The molecule has 0 fully saturated rings. The van der Waals surface area contributed by atoms with E-state index in [2.05, 4.69) is 43.9 Å². The molecule has 0 amide bonds. The molecule has 0 saturated heterocycles. The summed E-state index contributed by atoms with van der Waals surface area (Å²) >= 11 is 0. The number of aryl methyl sites for hydroxylation is 1. The number of hydrogen-bond donors (Lipinski definition) is 1. The Kier molecular flexibility index (Phi) is 14.7. The van der Waals surface area contributed by atoms with Crippen LogP contribution in [-0.2, 0) is 11.2 Å². The number of allylic oxidation sites excluding steroid dienone is 5. The molecule has 0 heterocycles. The molecule has 0 aliphatic heterocycles. The van der Waals surface area contributed by atoms with Crippen molar-refractivity contribution in [3.8, 4) is 5.75 Å². The Labute approximate surface area is 182 Å². The average Bonchev–Trinajstić information content (AvgIpc) is 2.74. The van der Waals surface area contributed by atoms with Crippen molar-refractivity contribution in [2.24, 2.45) is 0 Å². The zero-order valence-corrected chi connectivity index (χ0v) is 18.5. The molecular weight excluding hydrogens is 372 g/mol. The maximum Gasteiger partial charge on any atom is 0.328 e. The second-order valence-electron chi connectivity index (χ2n) is 7.36. The van der Waals surface area contributed by atoms with E-state index < -0.39 is 5.97 Å². The van der Waals surface area contributed by atoms with Gasteiger partial charge in [0.25, 0.3) is 0 Å². The Hall–Kier alpha value is -2.55. The maximum atomic E-state index is 11.0. The van der Waals surface area contributed by atoms with Gasteiger partial charge in [0, 0.05) is 11.6 Å². The van der Waals surface area contributed by atoms with Crippen LogP contribution in [0.25, 0.3) is 6.08 Å². The van der Waals surface area contributed by atoms with E-state index in [0.717, 1.165) is 55.4 Å². The van der Waals surface area contributed by atoms with Crippen LogP contribution < -0.4 is 4.74 Å². The van der Waals surface area contributed by atoms with Crippen LogP contribution in [0.4, 0.5) is 0 Å². The first-order valence-corrected chi connectivity index (χ1v) is 11.3. The average molecular weight is 411 g/mol. The number of ether oxygens (including phenoxy) is 1. The summed E-state index contributed by atoms with van der Waals surface area (Å²) in [6.07, 6.45) is 24.6. The van der Waals surface area contributed by atoms with Crippen molar-refractivity contribution in [2.45, 2.75) is 71.1 Å². The second kappa shape index (κ2) is 17.3. The molecule has 0 spiro atoms. The molecule has 3 heteroatoms. The number of rotatable bonds is 17. The SMILES string of the molecule is C=CC/C=C\C/C=C\CCCCCCCc1cccc(OCCC)c1/C=C/C(=O)O. The van der Waals surface area contributed by atoms with Gasteiger partial charge in [0.1, 0.15) is 5.75 Å². The number of hydrogen-bond acceptors (Lipinski definition) is 2. The van der Waals surface area contributed by atoms with Crippen molar-refractivity contribution in [1.82, 2.24) is 0 Å². The first-order chi connectivity index (χ1) is 14.7. The van der Waals surface area contributed by atoms with Crippen molar-refractivity contribution in [2.75, 3.05) is 6.61 Å². The zero-order valence-electron chi connectivity index (χ0n) is 18.5. The van der Waals surface area contributed by atoms with E-state index in [0.29, 0.717) is 6.61 Å². The van der Waals surface area contributed by atoms with E-state index in [4.69, 9.17) is 9.84 Å². The van der Waals surface area contributed by atoms with Gasteiger partial charge in [0.15, 0.2) is 0 Å².